The van der Waals surface area contributed by atoms with Crippen molar-refractivity contribution in [1.29, 1.82) is 0 Å². The van der Waals surface area contributed by atoms with E-state index in [1.165, 1.54) is 18.2 Å². The van der Waals surface area contributed by atoms with Crippen molar-refractivity contribution in [3.8, 4) is 5.69 Å². The molecule has 0 aliphatic carbocycles. The second kappa shape index (κ2) is 6.23. The molecule has 0 spiro atoms. The minimum absolute atomic E-state index is 0.0257. The van der Waals surface area contributed by atoms with E-state index < -0.39 is 10.0 Å². The normalized spacial score (nSPS) is 11.4. The highest BCUT2D eigenvalue weighted by Gasteiger charge is 2.18. The highest BCUT2D eigenvalue weighted by molar-refractivity contribution is 7.92. The summed E-state index contributed by atoms with van der Waals surface area (Å²) in [7, 11) is -3.79. The van der Waals surface area contributed by atoms with E-state index in [1.807, 2.05) is 4.57 Å². The van der Waals surface area contributed by atoms with E-state index in [4.69, 9.17) is 23.2 Å². The maximum atomic E-state index is 12.4. The van der Waals surface area contributed by atoms with Crippen LogP contribution in [0.3, 0.4) is 0 Å². The quantitative estimate of drug-likeness (QED) is 0.758. The fraction of sp³-hybridized carbons (Fsp3) is 0. The Kier molecular flexibility index (Phi) is 4.30. The molecule has 0 radical (unpaired) electrons. The van der Waals surface area contributed by atoms with E-state index in [-0.39, 0.29) is 9.92 Å². The number of sulfonamides is 1. The largest absolute Gasteiger partial charge is 0.306 e. The number of hydrogen-bond donors (Lipinski definition) is 1. The number of hydrogen-bond acceptors (Lipinski definition) is 3. The zero-order valence-electron chi connectivity index (χ0n) is 11.6. The molecule has 0 saturated carbocycles. The van der Waals surface area contributed by atoms with Gasteiger partial charge in [-0.1, -0.05) is 23.2 Å². The van der Waals surface area contributed by atoms with Crippen LogP contribution in [0.15, 0.2) is 66.1 Å². The lowest BCUT2D eigenvalue weighted by atomic mass is 10.3. The Morgan fingerprint density at radius 2 is 1.78 bits per heavy atom. The monoisotopic (exact) mass is 367 g/mol. The predicted octanol–water partition coefficient (Wildman–Crippen LogP) is 3.98. The van der Waals surface area contributed by atoms with Crippen LogP contribution in [0.4, 0.5) is 5.69 Å². The van der Waals surface area contributed by atoms with Crippen molar-refractivity contribution in [2.24, 2.45) is 0 Å². The first-order valence-corrected chi connectivity index (χ1v) is 8.76. The van der Waals surface area contributed by atoms with Crippen LogP contribution in [-0.4, -0.2) is 18.0 Å². The highest BCUT2D eigenvalue weighted by atomic mass is 35.5. The molecule has 118 valence electrons. The average Bonchev–Trinajstić information content (AvgIpc) is 3.01. The summed E-state index contributed by atoms with van der Waals surface area (Å²) >= 11 is 11.7. The maximum absolute atomic E-state index is 12.4. The molecular formula is C15H11Cl2N3O2S. The molecule has 0 atom stereocenters. The standard InChI is InChI=1S/C15H11Cl2N3O2S/c16-11-1-6-15(14(17)9-11)23(21,22)19-12-2-4-13(5-3-12)20-8-7-18-10-20/h1-10,19H. The molecule has 1 aromatic heterocycles. The number of nitrogens with zero attached hydrogens (tertiary/aromatic N) is 2. The summed E-state index contributed by atoms with van der Waals surface area (Å²) in [6, 6.07) is 11.1. The van der Waals surface area contributed by atoms with Gasteiger partial charge in [0.05, 0.1) is 11.3 Å². The Morgan fingerprint density at radius 3 is 2.39 bits per heavy atom. The molecule has 0 bridgehead atoms. The summed E-state index contributed by atoms with van der Waals surface area (Å²) in [6.45, 7) is 0. The molecule has 5 nitrogen and oxygen atoms in total. The van der Waals surface area contributed by atoms with Gasteiger partial charge in [0.1, 0.15) is 4.90 Å². The molecule has 0 aliphatic heterocycles. The Hall–Kier alpha value is -2.02. The van der Waals surface area contributed by atoms with E-state index in [9.17, 15) is 8.42 Å². The number of aromatic nitrogens is 2. The first kappa shape index (κ1) is 15.9. The van der Waals surface area contributed by atoms with Crippen molar-refractivity contribution < 1.29 is 8.42 Å². The van der Waals surface area contributed by atoms with Crippen LogP contribution in [0.1, 0.15) is 0 Å². The van der Waals surface area contributed by atoms with Crippen LogP contribution >= 0.6 is 23.2 Å². The second-order valence-corrected chi connectivity index (χ2v) is 7.19. The molecule has 8 heteroatoms. The first-order chi connectivity index (χ1) is 11.0. The third-order valence-electron chi connectivity index (χ3n) is 3.11. The molecule has 2 aromatic carbocycles. The zero-order chi connectivity index (χ0) is 16.4. The van der Waals surface area contributed by atoms with Crippen molar-refractivity contribution in [2.45, 2.75) is 4.90 Å². The fourth-order valence-corrected chi connectivity index (χ4v) is 3.85. The third kappa shape index (κ3) is 3.50. The van der Waals surface area contributed by atoms with E-state index in [0.717, 1.165) is 5.69 Å². The second-order valence-electron chi connectivity index (χ2n) is 4.70. The molecular weight excluding hydrogens is 357 g/mol. The number of rotatable bonds is 4. The van der Waals surface area contributed by atoms with Gasteiger partial charge in [-0.2, -0.15) is 0 Å². The summed E-state index contributed by atoms with van der Waals surface area (Å²) < 4.78 is 29.1. The Bertz CT molecular complexity index is 924. The summed E-state index contributed by atoms with van der Waals surface area (Å²) in [5.74, 6) is 0. The average molecular weight is 368 g/mol. The fourth-order valence-electron chi connectivity index (χ4n) is 2.02. The Labute approximate surface area is 143 Å². The van der Waals surface area contributed by atoms with Crippen LogP contribution in [0.5, 0.6) is 0 Å². The minimum Gasteiger partial charge on any atom is -0.306 e. The van der Waals surface area contributed by atoms with Crippen LogP contribution in [0, 0.1) is 0 Å². The lowest BCUT2D eigenvalue weighted by Gasteiger charge is -2.10. The summed E-state index contributed by atoms with van der Waals surface area (Å²) in [5.41, 5.74) is 1.30. The Balaban J connectivity index is 1.86. The predicted molar refractivity (Wildman–Crippen MR) is 90.8 cm³/mol. The van der Waals surface area contributed by atoms with Crippen molar-refractivity contribution in [2.75, 3.05) is 4.72 Å². The van der Waals surface area contributed by atoms with E-state index in [1.54, 1.807) is 43.0 Å². The minimum atomic E-state index is -3.79. The van der Waals surface area contributed by atoms with Gasteiger partial charge in [0.25, 0.3) is 10.0 Å². The summed E-state index contributed by atoms with van der Waals surface area (Å²) in [5, 5.41) is 0.443. The molecule has 1 heterocycles. The molecule has 1 N–H and O–H groups in total. The van der Waals surface area contributed by atoms with Crippen molar-refractivity contribution in [3.05, 3.63) is 71.2 Å². The van der Waals surface area contributed by atoms with Gasteiger partial charge >= 0.3 is 0 Å². The number of halogens is 2. The first-order valence-electron chi connectivity index (χ1n) is 6.52. The maximum Gasteiger partial charge on any atom is 0.263 e. The van der Waals surface area contributed by atoms with Crippen LogP contribution in [-0.2, 0) is 10.0 Å². The van der Waals surface area contributed by atoms with E-state index >= 15 is 0 Å². The van der Waals surface area contributed by atoms with Gasteiger partial charge in [-0.25, -0.2) is 13.4 Å². The smallest absolute Gasteiger partial charge is 0.263 e. The molecule has 3 aromatic rings. The van der Waals surface area contributed by atoms with Crippen molar-refractivity contribution in [1.82, 2.24) is 9.55 Å². The SMILES string of the molecule is O=S(=O)(Nc1ccc(-n2ccnc2)cc1)c1ccc(Cl)cc1Cl. The molecule has 0 amide bonds. The van der Waals surface area contributed by atoms with Crippen LogP contribution < -0.4 is 4.72 Å². The Morgan fingerprint density at radius 1 is 1.04 bits per heavy atom. The number of imidazole rings is 1. The van der Waals surface area contributed by atoms with Gasteiger partial charge in [0.2, 0.25) is 0 Å². The summed E-state index contributed by atoms with van der Waals surface area (Å²) in [4.78, 5) is 3.94. The summed E-state index contributed by atoms with van der Waals surface area (Å²) in [6.07, 6.45) is 5.12. The lowest BCUT2D eigenvalue weighted by molar-refractivity contribution is 0.601. The number of benzene rings is 2. The molecule has 23 heavy (non-hydrogen) atoms. The van der Waals surface area contributed by atoms with Gasteiger partial charge in [-0.3, -0.25) is 4.72 Å². The van der Waals surface area contributed by atoms with Crippen molar-refractivity contribution in [3.63, 3.8) is 0 Å². The van der Waals surface area contributed by atoms with Crippen molar-refractivity contribution >= 4 is 38.9 Å². The zero-order valence-corrected chi connectivity index (χ0v) is 14.0. The van der Waals surface area contributed by atoms with Gasteiger partial charge in [-0.15, -0.1) is 0 Å². The highest BCUT2D eigenvalue weighted by Crippen LogP contribution is 2.27. The lowest BCUT2D eigenvalue weighted by Crippen LogP contribution is -2.13. The topological polar surface area (TPSA) is 64.0 Å². The van der Waals surface area contributed by atoms with Gasteiger partial charge in [0.15, 0.2) is 0 Å². The third-order valence-corrected chi connectivity index (χ3v) is 5.20. The number of nitrogens with one attached hydrogen (secondary N) is 1. The van der Waals surface area contributed by atoms with Gasteiger partial charge in [0, 0.05) is 28.8 Å². The van der Waals surface area contributed by atoms with Crippen LogP contribution in [0.25, 0.3) is 5.69 Å². The molecule has 3 rings (SSSR count). The van der Waals surface area contributed by atoms with Crippen LogP contribution in [0.2, 0.25) is 10.0 Å². The molecule has 0 fully saturated rings. The van der Waals surface area contributed by atoms with Gasteiger partial charge < -0.3 is 4.57 Å². The van der Waals surface area contributed by atoms with E-state index in [2.05, 4.69) is 9.71 Å². The van der Waals surface area contributed by atoms with Gasteiger partial charge in [-0.05, 0) is 42.5 Å². The molecule has 0 aliphatic rings. The molecule has 0 saturated heterocycles. The molecule has 0 unspecified atom stereocenters. The number of anilines is 1. The van der Waals surface area contributed by atoms with E-state index in [0.29, 0.717) is 10.7 Å².